The van der Waals surface area contributed by atoms with Crippen LogP contribution in [0.25, 0.3) is 11.0 Å². The molecule has 0 aromatic carbocycles. The molecule has 0 radical (unpaired) electrons. The largest absolute Gasteiger partial charge is 0.479 e. The number of fused-ring (bicyclic) bond motifs is 1. The van der Waals surface area contributed by atoms with Crippen LogP contribution in [0.2, 0.25) is 0 Å². The number of anilines is 2. The van der Waals surface area contributed by atoms with Gasteiger partial charge in [-0.1, -0.05) is 0 Å². The molecule has 0 aliphatic carbocycles. The van der Waals surface area contributed by atoms with Gasteiger partial charge in [-0.25, -0.2) is 9.97 Å². The van der Waals surface area contributed by atoms with E-state index >= 15 is 0 Å². The summed E-state index contributed by atoms with van der Waals surface area (Å²) in [6, 6.07) is 2.22. The predicted octanol–water partition coefficient (Wildman–Crippen LogP) is 2.80. The van der Waals surface area contributed by atoms with Crippen molar-refractivity contribution in [1.82, 2.24) is 25.1 Å². The van der Waals surface area contributed by atoms with E-state index in [-0.39, 0.29) is 11.3 Å². The van der Waals surface area contributed by atoms with Crippen LogP contribution in [-0.2, 0) is 11.0 Å². The number of piperidine rings is 1. The number of nitrogens with zero attached hydrogens (tertiary/aromatic N) is 6. The van der Waals surface area contributed by atoms with Crippen LogP contribution in [-0.4, -0.2) is 57.8 Å². The van der Waals surface area contributed by atoms with Gasteiger partial charge in [-0.05, 0) is 25.0 Å². The van der Waals surface area contributed by atoms with Crippen molar-refractivity contribution in [3.63, 3.8) is 0 Å². The molecule has 2 aliphatic rings. The van der Waals surface area contributed by atoms with Crippen molar-refractivity contribution in [3.05, 3.63) is 30.2 Å². The summed E-state index contributed by atoms with van der Waals surface area (Å²) < 4.78 is 43.5. The highest BCUT2D eigenvalue weighted by atomic mass is 19.4. The lowest BCUT2D eigenvalue weighted by Crippen LogP contribution is -2.42. The number of nitrogens with one attached hydrogen (secondary N) is 1. The molecule has 1 amide bonds. The molecule has 5 heterocycles. The first-order valence-corrected chi connectivity index (χ1v) is 10.1. The molecule has 0 unspecified atom stereocenters. The number of carbonyl (C=O) groups excluding carboxylic acids is 1. The maximum Gasteiger partial charge on any atom is 0.433 e. The number of ether oxygens (including phenoxy) is 1. The Bertz CT molecular complexity index is 1150. The van der Waals surface area contributed by atoms with Crippen molar-refractivity contribution in [2.45, 2.75) is 25.4 Å². The van der Waals surface area contributed by atoms with E-state index in [9.17, 15) is 18.0 Å². The molecule has 168 valence electrons. The molecule has 1 N–H and O–H groups in total. The minimum Gasteiger partial charge on any atom is -0.479 e. The minimum absolute atomic E-state index is 0.0952. The van der Waals surface area contributed by atoms with Crippen LogP contribution in [0.3, 0.4) is 0 Å². The van der Waals surface area contributed by atoms with Crippen molar-refractivity contribution >= 4 is 28.6 Å². The molecule has 3 aromatic rings. The van der Waals surface area contributed by atoms with E-state index in [1.165, 1.54) is 13.2 Å². The monoisotopic (exact) mass is 447 g/mol. The molecule has 5 rings (SSSR count). The molecule has 2 aliphatic heterocycles. The standard InChI is InChI=1S/C20H20F3N7O2/c1-32-17-13-10-25-18(26-16(13)27-28-17)29-6-4-19(5-7-29)8-15(31)30(11-19)12-2-3-14(24-9-12)20(21,22)23/h2-3,9-10H,4-8,11H2,1H3,(H,25,26,27,28). The first kappa shape index (κ1) is 20.5. The van der Waals surface area contributed by atoms with Crippen molar-refractivity contribution in [2.24, 2.45) is 5.41 Å². The van der Waals surface area contributed by atoms with Crippen molar-refractivity contribution in [2.75, 3.05) is 36.5 Å². The number of hydrogen-bond donors (Lipinski definition) is 1. The van der Waals surface area contributed by atoms with Crippen molar-refractivity contribution < 1.29 is 22.7 Å². The van der Waals surface area contributed by atoms with Gasteiger partial charge in [0.1, 0.15) is 11.1 Å². The fraction of sp³-hybridized carbons (Fsp3) is 0.450. The van der Waals surface area contributed by atoms with Gasteiger partial charge in [0.05, 0.1) is 19.0 Å². The molecule has 0 atom stereocenters. The van der Waals surface area contributed by atoms with Crippen LogP contribution in [0, 0.1) is 5.41 Å². The maximum atomic E-state index is 12.8. The highest BCUT2D eigenvalue weighted by molar-refractivity contribution is 5.96. The Hall–Kier alpha value is -3.44. The summed E-state index contributed by atoms with van der Waals surface area (Å²) in [7, 11) is 1.53. The Morgan fingerprint density at radius 1 is 1.16 bits per heavy atom. The highest BCUT2D eigenvalue weighted by Crippen LogP contribution is 2.43. The second-order valence-corrected chi connectivity index (χ2v) is 8.21. The van der Waals surface area contributed by atoms with E-state index < -0.39 is 11.9 Å². The number of amides is 1. The fourth-order valence-corrected chi connectivity index (χ4v) is 4.45. The minimum atomic E-state index is -4.51. The number of carbonyl (C=O) groups is 1. The summed E-state index contributed by atoms with van der Waals surface area (Å²) in [6.45, 7) is 1.80. The highest BCUT2D eigenvalue weighted by Gasteiger charge is 2.46. The summed E-state index contributed by atoms with van der Waals surface area (Å²) in [6.07, 6.45) is 0.140. The first-order chi connectivity index (χ1) is 15.3. The first-order valence-electron chi connectivity index (χ1n) is 10.1. The van der Waals surface area contributed by atoms with Crippen LogP contribution in [0.15, 0.2) is 24.5 Å². The van der Waals surface area contributed by atoms with E-state index in [0.717, 1.165) is 25.1 Å². The molecule has 2 fully saturated rings. The van der Waals surface area contributed by atoms with Gasteiger partial charge in [0.2, 0.25) is 17.7 Å². The third-order valence-electron chi connectivity index (χ3n) is 6.24. The van der Waals surface area contributed by atoms with E-state index in [1.807, 2.05) is 0 Å². The number of rotatable bonds is 3. The van der Waals surface area contributed by atoms with Gasteiger partial charge in [-0.3, -0.25) is 9.89 Å². The van der Waals surface area contributed by atoms with Gasteiger partial charge in [0, 0.05) is 37.7 Å². The van der Waals surface area contributed by atoms with E-state index in [1.54, 1.807) is 11.1 Å². The number of aromatic amines is 1. The Morgan fingerprint density at radius 3 is 2.59 bits per heavy atom. The molecule has 1 spiro atoms. The number of hydrogen-bond acceptors (Lipinski definition) is 7. The van der Waals surface area contributed by atoms with E-state index in [2.05, 4.69) is 30.0 Å². The van der Waals surface area contributed by atoms with Crippen LogP contribution in [0.5, 0.6) is 5.88 Å². The van der Waals surface area contributed by atoms with Gasteiger partial charge in [0.15, 0.2) is 5.65 Å². The van der Waals surface area contributed by atoms with Crippen LogP contribution in [0.4, 0.5) is 24.8 Å². The van der Waals surface area contributed by atoms with Gasteiger partial charge >= 0.3 is 6.18 Å². The third-order valence-corrected chi connectivity index (χ3v) is 6.24. The SMILES string of the molecule is COc1n[nH]c2nc(N3CCC4(CC3)CC(=O)N(c3ccc(C(F)(F)F)nc3)C4)ncc12. The zero-order chi connectivity index (χ0) is 22.5. The molecule has 0 bridgehead atoms. The van der Waals surface area contributed by atoms with Gasteiger partial charge < -0.3 is 14.5 Å². The van der Waals surface area contributed by atoms with Crippen LogP contribution in [0.1, 0.15) is 25.0 Å². The van der Waals surface area contributed by atoms with Crippen LogP contribution >= 0.6 is 0 Å². The van der Waals surface area contributed by atoms with Gasteiger partial charge in [0.25, 0.3) is 0 Å². The second kappa shape index (κ2) is 7.31. The Labute approximate surface area is 180 Å². The normalized spacial score (nSPS) is 18.7. The van der Waals surface area contributed by atoms with Gasteiger partial charge in [-0.15, -0.1) is 5.10 Å². The number of aromatic nitrogens is 5. The molecule has 0 saturated carbocycles. The lowest BCUT2D eigenvalue weighted by Gasteiger charge is -2.38. The maximum absolute atomic E-state index is 12.8. The Balaban J connectivity index is 1.28. The average molecular weight is 447 g/mol. The molecule has 3 aromatic heterocycles. The smallest absolute Gasteiger partial charge is 0.433 e. The van der Waals surface area contributed by atoms with Crippen molar-refractivity contribution in [3.8, 4) is 5.88 Å². The van der Waals surface area contributed by atoms with Crippen molar-refractivity contribution in [1.29, 1.82) is 0 Å². The summed E-state index contributed by atoms with van der Waals surface area (Å²) in [5.74, 6) is 0.917. The van der Waals surface area contributed by atoms with Crippen LogP contribution < -0.4 is 14.5 Å². The average Bonchev–Trinajstić information content (AvgIpc) is 3.34. The third kappa shape index (κ3) is 3.49. The zero-order valence-corrected chi connectivity index (χ0v) is 17.2. The summed E-state index contributed by atoms with van der Waals surface area (Å²) in [5, 5.41) is 7.57. The number of halogens is 3. The number of pyridine rings is 1. The Kier molecular flexibility index (Phi) is 4.68. The number of methoxy groups -OCH3 is 1. The molecular formula is C20H20F3N7O2. The molecule has 32 heavy (non-hydrogen) atoms. The molecule has 2 saturated heterocycles. The second-order valence-electron chi connectivity index (χ2n) is 8.21. The number of H-pyrrole nitrogens is 1. The fourth-order valence-electron chi connectivity index (χ4n) is 4.45. The molecule has 9 nitrogen and oxygen atoms in total. The van der Waals surface area contributed by atoms with E-state index in [0.29, 0.717) is 54.6 Å². The predicted molar refractivity (Wildman–Crippen MR) is 108 cm³/mol. The topological polar surface area (TPSA) is 100 Å². The zero-order valence-electron chi connectivity index (χ0n) is 17.2. The lowest BCUT2D eigenvalue weighted by molar-refractivity contribution is -0.141. The lowest BCUT2D eigenvalue weighted by atomic mass is 9.77. The molecular weight excluding hydrogens is 427 g/mol. The number of alkyl halides is 3. The quantitative estimate of drug-likeness (QED) is 0.659. The summed E-state index contributed by atoms with van der Waals surface area (Å²) in [4.78, 5) is 28.7. The van der Waals surface area contributed by atoms with E-state index in [4.69, 9.17) is 4.74 Å². The Morgan fingerprint density at radius 2 is 1.94 bits per heavy atom. The summed E-state index contributed by atoms with van der Waals surface area (Å²) >= 11 is 0. The summed E-state index contributed by atoms with van der Waals surface area (Å²) in [5.41, 5.74) is -0.214. The molecule has 12 heteroatoms. The van der Waals surface area contributed by atoms with Gasteiger partial charge in [-0.2, -0.15) is 18.2 Å².